The first-order valence-corrected chi connectivity index (χ1v) is 7.07. The Morgan fingerprint density at radius 1 is 1.27 bits per heavy atom. The predicted octanol–water partition coefficient (Wildman–Crippen LogP) is 5.04. The predicted molar refractivity (Wildman–Crippen MR) is 73.6 cm³/mol. The molecule has 2 atom stereocenters. The maximum atomic E-state index is 6.19. The van der Waals surface area contributed by atoms with Crippen molar-refractivity contribution in [3.63, 3.8) is 0 Å². The van der Waals surface area contributed by atoms with Gasteiger partial charge >= 0.3 is 0 Å². The molecule has 2 aliphatic carbocycles. The van der Waals surface area contributed by atoms with E-state index in [9.17, 15) is 0 Å². The first-order chi connectivity index (χ1) is 6.94. The summed E-state index contributed by atoms with van der Waals surface area (Å²) in [4.78, 5) is 0. The van der Waals surface area contributed by atoms with Crippen LogP contribution in [0.1, 0.15) is 17.0 Å². The van der Waals surface area contributed by atoms with E-state index in [0.29, 0.717) is 10.9 Å². The molecule has 1 aromatic carbocycles. The lowest BCUT2D eigenvalue weighted by Crippen LogP contribution is -2.03. The first-order valence-electron chi connectivity index (χ1n) is 4.48. The number of halogens is 5. The van der Waals surface area contributed by atoms with Crippen molar-refractivity contribution in [1.29, 1.82) is 0 Å². The van der Waals surface area contributed by atoms with Crippen LogP contribution in [0.25, 0.3) is 0 Å². The van der Waals surface area contributed by atoms with E-state index in [1.807, 2.05) is 0 Å². The highest BCUT2D eigenvalue weighted by molar-refractivity contribution is 14.1. The van der Waals surface area contributed by atoms with Crippen molar-refractivity contribution < 1.29 is 0 Å². The minimum atomic E-state index is -0.604. The molecule has 0 heterocycles. The van der Waals surface area contributed by atoms with Gasteiger partial charge in [0.1, 0.15) is 4.33 Å². The van der Waals surface area contributed by atoms with Crippen LogP contribution in [0.4, 0.5) is 0 Å². The summed E-state index contributed by atoms with van der Waals surface area (Å²) >= 11 is 26.9. The molecule has 3 rings (SSSR count). The molecule has 1 aromatic rings. The van der Waals surface area contributed by atoms with Gasteiger partial charge in [-0.1, -0.05) is 23.2 Å². The van der Waals surface area contributed by atoms with E-state index in [-0.39, 0.29) is 5.92 Å². The SMILES string of the molecule is Clc1cc(Cl)c2c(c1I)CC1C2C1(Cl)Cl. The molecule has 2 aliphatic rings. The van der Waals surface area contributed by atoms with Crippen molar-refractivity contribution in [3.05, 3.63) is 30.8 Å². The normalized spacial score (nSPS) is 29.9. The lowest BCUT2D eigenvalue weighted by Gasteiger charge is -2.13. The maximum Gasteiger partial charge on any atom is 0.129 e. The van der Waals surface area contributed by atoms with Crippen LogP contribution < -0.4 is 0 Å². The minimum Gasteiger partial charge on any atom is -0.101 e. The van der Waals surface area contributed by atoms with Gasteiger partial charge in [-0.15, -0.1) is 23.2 Å². The molecular weight excluding hydrogens is 389 g/mol. The molecule has 80 valence electrons. The largest absolute Gasteiger partial charge is 0.129 e. The molecule has 0 aromatic heterocycles. The fourth-order valence-electron chi connectivity index (χ4n) is 2.45. The van der Waals surface area contributed by atoms with Gasteiger partial charge in [0.2, 0.25) is 0 Å². The van der Waals surface area contributed by atoms with E-state index in [4.69, 9.17) is 46.4 Å². The lowest BCUT2D eigenvalue weighted by molar-refractivity contribution is 0.840. The Labute approximate surface area is 121 Å². The Kier molecular flexibility index (Phi) is 2.48. The van der Waals surface area contributed by atoms with E-state index in [0.717, 1.165) is 20.6 Å². The average Bonchev–Trinajstić information content (AvgIpc) is 2.60. The Hall–Kier alpha value is 1.11. The second kappa shape index (κ2) is 3.32. The van der Waals surface area contributed by atoms with E-state index in [1.54, 1.807) is 6.07 Å². The molecular formula is C10H5Cl4I. The zero-order valence-electron chi connectivity index (χ0n) is 7.33. The molecule has 0 radical (unpaired) electrons. The quantitative estimate of drug-likeness (QED) is 0.329. The number of benzene rings is 1. The van der Waals surface area contributed by atoms with Crippen molar-refractivity contribution in [2.75, 3.05) is 0 Å². The molecule has 0 bridgehead atoms. The maximum absolute atomic E-state index is 6.19. The van der Waals surface area contributed by atoms with Gasteiger partial charge in [-0.05, 0) is 46.2 Å². The van der Waals surface area contributed by atoms with E-state index < -0.39 is 4.33 Å². The Morgan fingerprint density at radius 2 is 1.93 bits per heavy atom. The third-order valence-corrected chi connectivity index (χ3v) is 6.44. The summed E-state index contributed by atoms with van der Waals surface area (Å²) in [6.45, 7) is 0. The van der Waals surface area contributed by atoms with Crippen LogP contribution in [0, 0.1) is 9.49 Å². The molecule has 0 nitrogen and oxygen atoms in total. The second-order valence-corrected chi connectivity index (χ2v) is 7.35. The zero-order chi connectivity index (χ0) is 11.0. The van der Waals surface area contributed by atoms with E-state index in [2.05, 4.69) is 22.6 Å². The van der Waals surface area contributed by atoms with Crippen LogP contribution in [0.15, 0.2) is 6.07 Å². The van der Waals surface area contributed by atoms with Crippen molar-refractivity contribution in [1.82, 2.24) is 0 Å². The Morgan fingerprint density at radius 3 is 2.60 bits per heavy atom. The van der Waals surface area contributed by atoms with Crippen LogP contribution in [-0.4, -0.2) is 4.33 Å². The highest BCUT2D eigenvalue weighted by Crippen LogP contribution is 2.71. The van der Waals surface area contributed by atoms with Gasteiger partial charge in [0, 0.05) is 20.4 Å². The fraction of sp³-hybridized carbons (Fsp3) is 0.400. The highest BCUT2D eigenvalue weighted by atomic mass is 127. The standard InChI is InChI=1S/C10H5Cl4I/c11-5-2-6(12)9(15)3-1-4-8(7(3)5)10(4,13)14/h2,4,8H,1H2. The zero-order valence-corrected chi connectivity index (χ0v) is 12.5. The third kappa shape index (κ3) is 1.40. The topological polar surface area (TPSA) is 0 Å². The number of hydrogen-bond acceptors (Lipinski definition) is 0. The number of hydrogen-bond donors (Lipinski definition) is 0. The summed E-state index contributed by atoms with van der Waals surface area (Å²) < 4.78 is 0.484. The van der Waals surface area contributed by atoms with E-state index in [1.165, 1.54) is 5.56 Å². The molecule has 2 unspecified atom stereocenters. The third-order valence-electron chi connectivity index (χ3n) is 3.25. The van der Waals surface area contributed by atoms with Gasteiger partial charge in [0.05, 0.1) is 5.02 Å². The van der Waals surface area contributed by atoms with Gasteiger partial charge in [-0.2, -0.15) is 0 Å². The summed E-state index contributed by atoms with van der Waals surface area (Å²) in [5.74, 6) is 0.523. The minimum absolute atomic E-state index is 0.203. The molecule has 0 spiro atoms. The average molecular weight is 394 g/mol. The van der Waals surface area contributed by atoms with Gasteiger partial charge in [0.15, 0.2) is 0 Å². The monoisotopic (exact) mass is 392 g/mol. The fourth-order valence-corrected chi connectivity index (χ4v) is 4.54. The number of rotatable bonds is 0. The summed E-state index contributed by atoms with van der Waals surface area (Å²) in [7, 11) is 0. The Bertz CT molecular complexity index is 469. The summed E-state index contributed by atoms with van der Waals surface area (Å²) in [6, 6.07) is 1.79. The lowest BCUT2D eigenvalue weighted by atomic mass is 10.1. The molecule has 0 saturated heterocycles. The molecule has 0 amide bonds. The first kappa shape index (κ1) is 11.2. The molecule has 1 saturated carbocycles. The van der Waals surface area contributed by atoms with Crippen molar-refractivity contribution in [2.45, 2.75) is 16.7 Å². The van der Waals surface area contributed by atoms with Gasteiger partial charge < -0.3 is 0 Å². The van der Waals surface area contributed by atoms with Gasteiger partial charge in [0.25, 0.3) is 0 Å². The summed E-state index contributed by atoms with van der Waals surface area (Å²) in [5.41, 5.74) is 2.35. The molecule has 5 heteroatoms. The smallest absolute Gasteiger partial charge is 0.101 e. The Balaban J connectivity index is 2.21. The summed E-state index contributed by atoms with van der Waals surface area (Å²) in [5, 5.41) is 1.42. The molecule has 1 fully saturated rings. The van der Waals surface area contributed by atoms with Crippen molar-refractivity contribution in [3.8, 4) is 0 Å². The van der Waals surface area contributed by atoms with Crippen LogP contribution >= 0.6 is 69.0 Å². The van der Waals surface area contributed by atoms with Gasteiger partial charge in [-0.25, -0.2) is 0 Å². The van der Waals surface area contributed by atoms with Crippen LogP contribution in [-0.2, 0) is 6.42 Å². The van der Waals surface area contributed by atoms with Crippen LogP contribution in [0.3, 0.4) is 0 Å². The second-order valence-electron chi connectivity index (χ2n) is 4.01. The van der Waals surface area contributed by atoms with Crippen molar-refractivity contribution in [2.24, 2.45) is 5.92 Å². The number of fused-ring (bicyclic) bond motifs is 3. The molecule has 0 N–H and O–H groups in total. The molecule has 15 heavy (non-hydrogen) atoms. The van der Waals surface area contributed by atoms with Crippen molar-refractivity contribution >= 4 is 69.0 Å². The van der Waals surface area contributed by atoms with E-state index >= 15 is 0 Å². The molecule has 0 aliphatic heterocycles. The van der Waals surface area contributed by atoms with Crippen LogP contribution in [0.2, 0.25) is 10.0 Å². The highest BCUT2D eigenvalue weighted by Gasteiger charge is 2.68. The summed E-state index contributed by atoms with van der Waals surface area (Å²) in [6.07, 6.45) is 0.894. The number of alkyl halides is 2. The van der Waals surface area contributed by atoms with Gasteiger partial charge in [-0.3, -0.25) is 0 Å². The van der Waals surface area contributed by atoms with Crippen LogP contribution in [0.5, 0.6) is 0 Å².